The highest BCUT2D eigenvalue weighted by atomic mass is 35.5. The molecule has 0 aromatic heterocycles. The quantitative estimate of drug-likeness (QED) is 0.175. The van der Waals surface area contributed by atoms with Crippen molar-refractivity contribution in [3.63, 3.8) is 0 Å². The van der Waals surface area contributed by atoms with Gasteiger partial charge in [0.1, 0.15) is 0 Å². The van der Waals surface area contributed by atoms with Gasteiger partial charge in [-0.2, -0.15) is 0 Å². The highest BCUT2D eigenvalue weighted by molar-refractivity contribution is 6.30. The topological polar surface area (TPSA) is 75.7 Å². The summed E-state index contributed by atoms with van der Waals surface area (Å²) in [7, 11) is 0. The minimum Gasteiger partial charge on any atom is -0.463 e. The van der Waals surface area contributed by atoms with E-state index >= 15 is 0 Å². The molecule has 7 heteroatoms. The molecule has 0 radical (unpaired) electrons. The van der Waals surface area contributed by atoms with Crippen LogP contribution in [0.4, 0.5) is 0 Å². The number of ether oxygens (including phenoxy) is 1. The molecule has 2 amide bonds. The summed E-state index contributed by atoms with van der Waals surface area (Å²) in [5.41, 5.74) is 5.47. The molecule has 1 aliphatic rings. The first-order valence-corrected chi connectivity index (χ1v) is 15.6. The van der Waals surface area contributed by atoms with Crippen LogP contribution < -0.4 is 5.32 Å². The average Bonchev–Trinajstić information content (AvgIpc) is 3.05. The Kier molecular flexibility index (Phi) is 10.5. The molecule has 1 N–H and O–H groups in total. The number of esters is 1. The Morgan fingerprint density at radius 2 is 1.58 bits per heavy atom. The van der Waals surface area contributed by atoms with Gasteiger partial charge in [-0.05, 0) is 66.8 Å². The Morgan fingerprint density at radius 3 is 2.22 bits per heavy atom. The van der Waals surface area contributed by atoms with Crippen LogP contribution in [0.2, 0.25) is 5.02 Å². The third kappa shape index (κ3) is 7.70. The van der Waals surface area contributed by atoms with Crippen LogP contribution in [-0.2, 0) is 20.9 Å². The van der Waals surface area contributed by atoms with Crippen molar-refractivity contribution in [2.75, 3.05) is 13.2 Å². The van der Waals surface area contributed by atoms with Gasteiger partial charge in [-0.1, -0.05) is 96.5 Å². The van der Waals surface area contributed by atoms with Crippen LogP contribution in [0.3, 0.4) is 0 Å². The summed E-state index contributed by atoms with van der Waals surface area (Å²) >= 11 is 6.24. The maximum absolute atomic E-state index is 13.5. The zero-order valence-electron chi connectivity index (χ0n) is 25.5. The minimum atomic E-state index is -0.459. The summed E-state index contributed by atoms with van der Waals surface area (Å²) < 4.78 is 5.41. The third-order valence-electron chi connectivity index (χ3n) is 8.22. The number of amides is 2. The first-order chi connectivity index (χ1) is 21.9. The second kappa shape index (κ2) is 14.9. The molecule has 1 aliphatic heterocycles. The van der Waals surface area contributed by atoms with Gasteiger partial charge in [0.2, 0.25) is 5.91 Å². The first-order valence-electron chi connectivity index (χ1n) is 15.3. The molecule has 0 saturated carbocycles. The number of halogens is 1. The van der Waals surface area contributed by atoms with Crippen molar-refractivity contribution in [3.05, 3.63) is 153 Å². The number of benzene rings is 4. The number of carbonyl (C=O) groups excluding carboxylic acids is 3. The molecule has 0 aliphatic carbocycles. The average molecular weight is 621 g/mol. The molecule has 6 nitrogen and oxygen atoms in total. The van der Waals surface area contributed by atoms with E-state index < -0.39 is 11.9 Å². The predicted molar refractivity (Wildman–Crippen MR) is 177 cm³/mol. The smallest absolute Gasteiger partial charge is 0.336 e. The molecule has 4 aromatic rings. The molecule has 0 bridgehead atoms. The molecule has 5 rings (SSSR count). The largest absolute Gasteiger partial charge is 0.463 e. The highest BCUT2D eigenvalue weighted by Gasteiger charge is 2.37. The van der Waals surface area contributed by atoms with Crippen molar-refractivity contribution in [2.24, 2.45) is 0 Å². The molecule has 4 aromatic carbocycles. The maximum Gasteiger partial charge on any atom is 0.336 e. The van der Waals surface area contributed by atoms with E-state index in [0.29, 0.717) is 28.4 Å². The molecule has 1 atom stereocenters. The summed E-state index contributed by atoms with van der Waals surface area (Å²) in [6.45, 7) is 4.47. The van der Waals surface area contributed by atoms with Crippen LogP contribution in [0.1, 0.15) is 71.1 Å². The Bertz CT molecular complexity index is 1650. The van der Waals surface area contributed by atoms with E-state index in [1.807, 2.05) is 60.7 Å². The van der Waals surface area contributed by atoms with Crippen LogP contribution in [0.5, 0.6) is 0 Å². The lowest BCUT2D eigenvalue weighted by Gasteiger charge is -2.34. The number of hydrogen-bond acceptors (Lipinski definition) is 4. The second-order valence-corrected chi connectivity index (χ2v) is 11.6. The van der Waals surface area contributed by atoms with Gasteiger partial charge >= 0.3 is 5.97 Å². The van der Waals surface area contributed by atoms with Crippen LogP contribution >= 0.6 is 11.6 Å². The van der Waals surface area contributed by atoms with Crippen molar-refractivity contribution >= 4 is 29.4 Å². The third-order valence-corrected chi connectivity index (χ3v) is 8.46. The number of allylic oxidation sites excluding steroid dienone is 1. The molecule has 1 heterocycles. The summed E-state index contributed by atoms with van der Waals surface area (Å²) in [4.78, 5) is 41.5. The van der Waals surface area contributed by atoms with Crippen LogP contribution in [0.15, 0.2) is 120 Å². The lowest BCUT2D eigenvalue weighted by molar-refractivity contribution is -0.140. The van der Waals surface area contributed by atoms with E-state index in [4.69, 9.17) is 16.3 Å². The molecule has 0 fully saturated rings. The van der Waals surface area contributed by atoms with Gasteiger partial charge in [0.15, 0.2) is 0 Å². The van der Waals surface area contributed by atoms with Crippen LogP contribution in [0.25, 0.3) is 0 Å². The lowest BCUT2D eigenvalue weighted by atomic mass is 9.83. The monoisotopic (exact) mass is 620 g/mol. The standard InChI is InChI=1S/C38H37ClN2O4/c1-3-45-38(44)36-26(2)41(35(42)24-34(36)30-17-11-19-32(39)23-30)25-27-12-10-18-31(22-27)37(43)40-21-20-33(28-13-6-4-7-14-28)29-15-8-5-9-16-29/h4-19,22-23,33-34H,3,20-21,24-25H2,1-2H3,(H,40,43). The van der Waals surface area contributed by atoms with Gasteiger partial charge in [0.25, 0.3) is 5.91 Å². The predicted octanol–water partition coefficient (Wildman–Crippen LogP) is 7.65. The Labute approximate surface area is 269 Å². The zero-order valence-corrected chi connectivity index (χ0v) is 26.3. The highest BCUT2D eigenvalue weighted by Crippen LogP contribution is 2.38. The zero-order chi connectivity index (χ0) is 31.8. The number of hydrogen-bond donors (Lipinski definition) is 1. The van der Waals surface area contributed by atoms with Gasteiger partial charge in [-0.25, -0.2) is 4.79 Å². The molecule has 230 valence electrons. The van der Waals surface area contributed by atoms with Crippen molar-refractivity contribution < 1.29 is 19.1 Å². The fourth-order valence-electron chi connectivity index (χ4n) is 6.01. The van der Waals surface area contributed by atoms with Crippen LogP contribution in [0, 0.1) is 0 Å². The molecular formula is C38H37ClN2O4. The van der Waals surface area contributed by atoms with E-state index in [2.05, 4.69) is 29.6 Å². The number of nitrogens with one attached hydrogen (secondary N) is 1. The van der Waals surface area contributed by atoms with E-state index in [9.17, 15) is 14.4 Å². The molecular weight excluding hydrogens is 584 g/mol. The van der Waals surface area contributed by atoms with Crippen molar-refractivity contribution in [2.45, 2.75) is 45.1 Å². The van der Waals surface area contributed by atoms with E-state index in [1.54, 1.807) is 43.0 Å². The van der Waals surface area contributed by atoms with Crippen LogP contribution in [-0.4, -0.2) is 35.8 Å². The summed E-state index contributed by atoms with van der Waals surface area (Å²) in [6, 6.07) is 35.1. The minimum absolute atomic E-state index is 0.107. The molecule has 45 heavy (non-hydrogen) atoms. The second-order valence-electron chi connectivity index (χ2n) is 11.1. The van der Waals surface area contributed by atoms with Gasteiger partial charge in [0.05, 0.1) is 18.7 Å². The molecule has 1 unspecified atom stereocenters. The SMILES string of the molecule is CCOC(=O)C1=C(C)N(Cc2cccc(C(=O)NCCC(c3ccccc3)c3ccccc3)c2)C(=O)CC1c1cccc(Cl)c1. The Balaban J connectivity index is 1.31. The van der Waals surface area contributed by atoms with E-state index in [-0.39, 0.29) is 37.3 Å². The van der Waals surface area contributed by atoms with Crippen molar-refractivity contribution in [1.82, 2.24) is 10.2 Å². The summed E-state index contributed by atoms with van der Waals surface area (Å²) in [5.74, 6) is -1.05. The van der Waals surface area contributed by atoms with Gasteiger partial charge in [0, 0.05) is 41.1 Å². The fraction of sp³-hybridized carbons (Fsp3) is 0.237. The summed E-state index contributed by atoms with van der Waals surface area (Å²) in [6.07, 6.45) is 0.853. The number of carbonyl (C=O) groups is 3. The first kappa shape index (κ1) is 31.7. The number of nitrogens with zero attached hydrogens (tertiary/aromatic N) is 1. The van der Waals surface area contributed by atoms with Crippen molar-refractivity contribution in [3.8, 4) is 0 Å². The van der Waals surface area contributed by atoms with Gasteiger partial charge in [-0.3, -0.25) is 9.59 Å². The van der Waals surface area contributed by atoms with Crippen molar-refractivity contribution in [1.29, 1.82) is 0 Å². The van der Waals surface area contributed by atoms with Gasteiger partial charge < -0.3 is 15.0 Å². The normalized spacial score (nSPS) is 14.9. The van der Waals surface area contributed by atoms with E-state index in [0.717, 1.165) is 17.5 Å². The maximum atomic E-state index is 13.5. The molecule has 0 saturated heterocycles. The van der Waals surface area contributed by atoms with E-state index in [1.165, 1.54) is 11.1 Å². The van der Waals surface area contributed by atoms with Gasteiger partial charge in [-0.15, -0.1) is 0 Å². The Hall–Kier alpha value is -4.68. The summed E-state index contributed by atoms with van der Waals surface area (Å²) in [5, 5.41) is 3.62. The number of rotatable bonds is 11. The lowest BCUT2D eigenvalue weighted by Crippen LogP contribution is -2.38. The fourth-order valence-corrected chi connectivity index (χ4v) is 6.21. The Morgan fingerprint density at radius 1 is 0.911 bits per heavy atom. The molecule has 0 spiro atoms.